The van der Waals surface area contributed by atoms with Crippen LogP contribution in [-0.2, 0) is 32.8 Å². The highest BCUT2D eigenvalue weighted by Gasteiger charge is 2.25. The monoisotopic (exact) mass is 412 g/mol. The third kappa shape index (κ3) is 6.02. The lowest BCUT2D eigenvalue weighted by molar-refractivity contribution is -0.141. The first-order valence-electron chi connectivity index (χ1n) is 8.53. The van der Waals surface area contributed by atoms with Crippen LogP contribution in [0.15, 0.2) is 30.3 Å². The fourth-order valence-electron chi connectivity index (χ4n) is 2.85. The van der Waals surface area contributed by atoms with E-state index in [0.717, 1.165) is 16.6 Å². The normalized spacial score (nSPS) is 13.0. The van der Waals surface area contributed by atoms with Crippen LogP contribution in [0.2, 0.25) is 0 Å². The second-order valence-corrected chi connectivity index (χ2v) is 7.88. The number of carbonyl (C=O) groups excluding carboxylic acids is 1. The van der Waals surface area contributed by atoms with Crippen molar-refractivity contribution in [2.75, 3.05) is 19.8 Å². The lowest BCUT2D eigenvalue weighted by atomic mass is 10.2. The number of aliphatic carboxylic acids is 1. The predicted molar refractivity (Wildman–Crippen MR) is 103 cm³/mol. The van der Waals surface area contributed by atoms with Crippen LogP contribution in [0.3, 0.4) is 0 Å². The zero-order valence-corrected chi connectivity index (χ0v) is 16.4. The number of carbonyl (C=O) groups is 2. The number of aromatic nitrogens is 1. The number of nitrogens with zero attached hydrogens (tertiary/aromatic N) is 2. The molecule has 1 aromatic carbocycles. The molecule has 2 aromatic rings. The maximum atomic E-state index is 12.2. The van der Waals surface area contributed by atoms with Crippen molar-refractivity contribution in [3.8, 4) is 0 Å². The van der Waals surface area contributed by atoms with Crippen LogP contribution in [0, 0.1) is 0 Å². The summed E-state index contributed by atoms with van der Waals surface area (Å²) in [5.41, 5.74) is 4.89. The molecule has 0 aliphatic heterocycles. The summed E-state index contributed by atoms with van der Waals surface area (Å²) >= 11 is 0. The average molecular weight is 412 g/mol. The molecule has 0 aliphatic rings. The minimum atomic E-state index is -4.54. The first kappa shape index (κ1) is 21.8. The second-order valence-electron chi connectivity index (χ2n) is 6.38. The molecule has 2 rings (SSSR count). The number of hydrazine groups is 1. The Morgan fingerprint density at radius 3 is 2.57 bits per heavy atom. The number of para-hydroxylation sites is 1. The summed E-state index contributed by atoms with van der Waals surface area (Å²) in [6.07, 6.45) is -0.0514. The van der Waals surface area contributed by atoms with Crippen molar-refractivity contribution in [1.82, 2.24) is 20.3 Å². The quantitative estimate of drug-likeness (QED) is 0.317. The van der Waals surface area contributed by atoms with Crippen molar-refractivity contribution in [2.24, 2.45) is 0 Å². The van der Waals surface area contributed by atoms with Crippen molar-refractivity contribution in [3.63, 3.8) is 0 Å². The van der Waals surface area contributed by atoms with Crippen molar-refractivity contribution in [2.45, 2.75) is 25.6 Å². The molecule has 11 heteroatoms. The number of benzene rings is 1. The number of hydrogen-bond donors (Lipinski definition) is 4. The summed E-state index contributed by atoms with van der Waals surface area (Å²) in [4.78, 5) is 23.3. The van der Waals surface area contributed by atoms with E-state index < -0.39 is 33.8 Å². The zero-order chi connectivity index (χ0) is 20.9. The number of fused-ring (bicyclic) bond motifs is 1. The van der Waals surface area contributed by atoms with Crippen LogP contribution >= 0.6 is 0 Å². The Kier molecular flexibility index (Phi) is 7.13. The maximum absolute atomic E-state index is 12.2. The number of aryl methyl sites for hydroxylation is 1. The number of nitrogens with one attached hydrogen (secondary N) is 2. The highest BCUT2D eigenvalue weighted by molar-refractivity contribution is 7.85. The molecule has 0 fully saturated rings. The third-order valence-corrected chi connectivity index (χ3v) is 5.00. The molecule has 1 amide bonds. The molecule has 4 N–H and O–H groups in total. The van der Waals surface area contributed by atoms with Gasteiger partial charge in [-0.25, -0.2) is 9.80 Å². The first-order chi connectivity index (χ1) is 13.1. The van der Waals surface area contributed by atoms with E-state index in [4.69, 9.17) is 9.66 Å². The molecule has 1 atom stereocenters. The van der Waals surface area contributed by atoms with Crippen molar-refractivity contribution in [1.29, 1.82) is 0 Å². The molecule has 0 aliphatic carbocycles. The van der Waals surface area contributed by atoms with Crippen LogP contribution in [0.1, 0.15) is 12.1 Å². The molecule has 1 unspecified atom stereocenters. The number of carboxylic acid groups (broad SMARTS) is 1. The smallest absolute Gasteiger partial charge is 0.327 e. The van der Waals surface area contributed by atoms with Gasteiger partial charge >= 0.3 is 5.97 Å². The van der Waals surface area contributed by atoms with Gasteiger partial charge in [0.1, 0.15) is 11.8 Å². The zero-order valence-electron chi connectivity index (χ0n) is 15.6. The average Bonchev–Trinajstić information content (AvgIpc) is 2.95. The van der Waals surface area contributed by atoms with Crippen LogP contribution in [-0.4, -0.2) is 65.4 Å². The molecule has 0 spiro atoms. The van der Waals surface area contributed by atoms with Crippen LogP contribution < -0.4 is 10.7 Å². The number of hydrogen-bond acceptors (Lipinski definition) is 6. The molecular weight excluding hydrogens is 388 g/mol. The molecule has 10 nitrogen and oxygen atoms in total. The van der Waals surface area contributed by atoms with E-state index in [1.807, 2.05) is 47.0 Å². The highest BCUT2D eigenvalue weighted by Crippen LogP contribution is 2.21. The van der Waals surface area contributed by atoms with Gasteiger partial charge in [-0.05, 0) is 24.6 Å². The molecule has 1 heterocycles. The van der Waals surface area contributed by atoms with E-state index >= 15 is 0 Å². The molecule has 154 valence electrons. The Bertz CT molecular complexity index is 956. The minimum absolute atomic E-state index is 0.0514. The van der Waals surface area contributed by atoms with Crippen LogP contribution in [0.5, 0.6) is 0 Å². The Morgan fingerprint density at radius 2 is 1.96 bits per heavy atom. The summed E-state index contributed by atoms with van der Waals surface area (Å²) < 4.78 is 32.6. The van der Waals surface area contributed by atoms with Gasteiger partial charge in [0.15, 0.2) is 0 Å². The van der Waals surface area contributed by atoms with E-state index in [-0.39, 0.29) is 13.0 Å². The van der Waals surface area contributed by atoms with E-state index in [1.54, 1.807) is 7.05 Å². The fraction of sp³-hybridized carbons (Fsp3) is 0.412. The van der Waals surface area contributed by atoms with Gasteiger partial charge in [0.25, 0.3) is 10.1 Å². The van der Waals surface area contributed by atoms with Gasteiger partial charge in [-0.3, -0.25) is 14.8 Å². The molecule has 0 radical (unpaired) electrons. The van der Waals surface area contributed by atoms with Gasteiger partial charge in [0.05, 0.1) is 6.54 Å². The first-order valence-corrected chi connectivity index (χ1v) is 10.1. The van der Waals surface area contributed by atoms with Gasteiger partial charge < -0.3 is 15.0 Å². The largest absolute Gasteiger partial charge is 0.480 e. The Labute approximate surface area is 162 Å². The summed E-state index contributed by atoms with van der Waals surface area (Å²) in [7, 11) is -0.867. The summed E-state index contributed by atoms with van der Waals surface area (Å²) in [6.45, 7) is 0.859. The standard InChI is InChI=1S/C17H24N4O6S/c1-18-20(2)10-13-9-12-5-3-4-6-15(12)21(13)8-7-16(22)19-14(17(23)24)11-28(25,26)27/h3-6,9,14,18H,7-8,10-11H2,1-2H3,(H,19,22)(H,23,24)(H,25,26,27). The van der Waals surface area contributed by atoms with Crippen molar-refractivity contribution >= 4 is 32.9 Å². The van der Waals surface area contributed by atoms with Crippen LogP contribution in [0.25, 0.3) is 10.9 Å². The van der Waals surface area contributed by atoms with E-state index in [1.165, 1.54) is 0 Å². The number of carboxylic acids is 1. The highest BCUT2D eigenvalue weighted by atomic mass is 32.2. The van der Waals surface area contributed by atoms with Gasteiger partial charge in [0.2, 0.25) is 5.91 Å². The van der Waals surface area contributed by atoms with E-state index in [0.29, 0.717) is 6.54 Å². The molecule has 28 heavy (non-hydrogen) atoms. The number of amides is 1. The molecule has 0 saturated carbocycles. The molecule has 0 saturated heterocycles. The molecule has 0 bridgehead atoms. The minimum Gasteiger partial charge on any atom is -0.480 e. The van der Waals surface area contributed by atoms with E-state index in [2.05, 4.69) is 10.7 Å². The van der Waals surface area contributed by atoms with Crippen LogP contribution in [0.4, 0.5) is 0 Å². The molecule has 1 aromatic heterocycles. The fourth-order valence-corrected chi connectivity index (χ4v) is 3.50. The van der Waals surface area contributed by atoms with Gasteiger partial charge in [-0.2, -0.15) is 8.42 Å². The van der Waals surface area contributed by atoms with E-state index in [9.17, 15) is 18.0 Å². The van der Waals surface area contributed by atoms with Gasteiger partial charge in [0, 0.05) is 31.2 Å². The lowest BCUT2D eigenvalue weighted by Gasteiger charge is -2.18. The summed E-state index contributed by atoms with van der Waals surface area (Å²) in [6, 6.07) is 7.99. The second kappa shape index (κ2) is 9.15. The van der Waals surface area contributed by atoms with Crippen molar-refractivity contribution in [3.05, 3.63) is 36.0 Å². The SMILES string of the molecule is CNN(C)Cc1cc2ccccc2n1CCC(=O)NC(CS(=O)(=O)O)C(=O)O. The summed E-state index contributed by atoms with van der Waals surface area (Å²) in [5.74, 6) is -3.24. The third-order valence-electron chi connectivity index (χ3n) is 4.25. The van der Waals surface area contributed by atoms with Crippen molar-refractivity contribution < 1.29 is 27.7 Å². The molecular formula is C17H24N4O6S. The maximum Gasteiger partial charge on any atom is 0.327 e. The number of rotatable bonds is 10. The van der Waals surface area contributed by atoms with Gasteiger partial charge in [-0.15, -0.1) is 0 Å². The predicted octanol–water partition coefficient (Wildman–Crippen LogP) is 0.0548. The Morgan fingerprint density at radius 1 is 1.29 bits per heavy atom. The Balaban J connectivity index is 2.14. The lowest BCUT2D eigenvalue weighted by Crippen LogP contribution is -2.45. The summed E-state index contributed by atoms with van der Waals surface area (Å²) in [5, 5.41) is 14.1. The topological polar surface area (TPSA) is 141 Å². The van der Waals surface area contributed by atoms with Gasteiger partial charge in [-0.1, -0.05) is 18.2 Å². The Hall–Kier alpha value is -2.47.